The van der Waals surface area contributed by atoms with Gasteiger partial charge in [0.2, 0.25) is 0 Å². The SMILES string of the molecule is CN1CCN(CCN(CCCN)c2cccc(F)c2)CC1. The number of hydrogen-bond acceptors (Lipinski definition) is 4. The molecule has 1 aliphatic rings. The normalized spacial score (nSPS) is 17.1. The molecule has 0 radical (unpaired) electrons. The fourth-order valence-electron chi connectivity index (χ4n) is 2.66. The number of piperazine rings is 1. The summed E-state index contributed by atoms with van der Waals surface area (Å²) in [6.07, 6.45) is 0.930. The van der Waals surface area contributed by atoms with Crippen LogP contribution >= 0.6 is 0 Å². The van der Waals surface area contributed by atoms with Gasteiger partial charge in [0, 0.05) is 51.5 Å². The quantitative estimate of drug-likeness (QED) is 0.820. The van der Waals surface area contributed by atoms with E-state index in [9.17, 15) is 4.39 Å². The van der Waals surface area contributed by atoms with E-state index < -0.39 is 0 Å². The molecule has 4 nitrogen and oxygen atoms in total. The summed E-state index contributed by atoms with van der Waals surface area (Å²) in [4.78, 5) is 7.08. The average molecular weight is 294 g/mol. The molecule has 0 spiro atoms. The van der Waals surface area contributed by atoms with Gasteiger partial charge < -0.3 is 15.5 Å². The van der Waals surface area contributed by atoms with Crippen LogP contribution in [0.15, 0.2) is 24.3 Å². The maximum atomic E-state index is 13.4. The molecule has 1 saturated heterocycles. The highest BCUT2D eigenvalue weighted by atomic mass is 19.1. The smallest absolute Gasteiger partial charge is 0.125 e. The van der Waals surface area contributed by atoms with Crippen molar-refractivity contribution in [3.63, 3.8) is 0 Å². The molecule has 1 aromatic carbocycles. The van der Waals surface area contributed by atoms with Gasteiger partial charge in [-0.05, 0) is 38.2 Å². The second-order valence-corrected chi connectivity index (χ2v) is 5.75. The molecule has 0 saturated carbocycles. The molecule has 1 aliphatic heterocycles. The largest absolute Gasteiger partial charge is 0.370 e. The Morgan fingerprint density at radius 3 is 2.62 bits per heavy atom. The lowest BCUT2D eigenvalue weighted by atomic mass is 10.2. The van der Waals surface area contributed by atoms with Crippen molar-refractivity contribution in [3.05, 3.63) is 30.1 Å². The summed E-state index contributed by atoms with van der Waals surface area (Å²) in [5.41, 5.74) is 6.58. The molecule has 1 fully saturated rings. The Labute approximate surface area is 127 Å². The number of halogens is 1. The summed E-state index contributed by atoms with van der Waals surface area (Å²) in [5, 5.41) is 0. The number of rotatable bonds is 7. The average Bonchev–Trinajstić information content (AvgIpc) is 2.49. The lowest BCUT2D eigenvalue weighted by Gasteiger charge is -2.34. The highest BCUT2D eigenvalue weighted by molar-refractivity contribution is 5.46. The Bertz CT molecular complexity index is 418. The van der Waals surface area contributed by atoms with Gasteiger partial charge in [0.1, 0.15) is 5.82 Å². The summed E-state index contributed by atoms with van der Waals surface area (Å²) in [6, 6.07) is 6.85. The lowest BCUT2D eigenvalue weighted by Crippen LogP contribution is -2.47. The fraction of sp³-hybridized carbons (Fsp3) is 0.625. The molecule has 0 atom stereocenters. The van der Waals surface area contributed by atoms with Gasteiger partial charge in [0.05, 0.1) is 0 Å². The summed E-state index contributed by atoms with van der Waals surface area (Å²) in [5.74, 6) is -0.176. The topological polar surface area (TPSA) is 35.7 Å². The molecule has 0 unspecified atom stereocenters. The van der Waals surface area contributed by atoms with Gasteiger partial charge in [0.25, 0.3) is 0 Å². The van der Waals surface area contributed by atoms with Crippen LogP contribution in [-0.4, -0.2) is 69.2 Å². The highest BCUT2D eigenvalue weighted by Crippen LogP contribution is 2.16. The summed E-state index contributed by atoms with van der Waals surface area (Å²) >= 11 is 0. The monoisotopic (exact) mass is 294 g/mol. The van der Waals surface area contributed by atoms with Crippen LogP contribution in [0.3, 0.4) is 0 Å². The van der Waals surface area contributed by atoms with Crippen molar-refractivity contribution in [2.45, 2.75) is 6.42 Å². The van der Waals surface area contributed by atoms with Crippen molar-refractivity contribution in [2.75, 3.05) is 64.3 Å². The van der Waals surface area contributed by atoms with Crippen molar-refractivity contribution in [1.82, 2.24) is 9.80 Å². The van der Waals surface area contributed by atoms with Gasteiger partial charge in [-0.2, -0.15) is 0 Å². The van der Waals surface area contributed by atoms with Crippen LogP contribution in [0.1, 0.15) is 6.42 Å². The molecule has 5 heteroatoms. The summed E-state index contributed by atoms with van der Waals surface area (Å²) in [6.45, 7) is 7.98. The third-order valence-electron chi connectivity index (χ3n) is 4.09. The van der Waals surface area contributed by atoms with Crippen molar-refractivity contribution in [1.29, 1.82) is 0 Å². The predicted molar refractivity (Wildman–Crippen MR) is 86.2 cm³/mol. The van der Waals surface area contributed by atoms with Crippen molar-refractivity contribution in [3.8, 4) is 0 Å². The zero-order valence-corrected chi connectivity index (χ0v) is 13.0. The van der Waals surface area contributed by atoms with E-state index in [0.29, 0.717) is 6.54 Å². The highest BCUT2D eigenvalue weighted by Gasteiger charge is 2.15. The first kappa shape index (κ1) is 16.2. The maximum absolute atomic E-state index is 13.4. The number of anilines is 1. The number of hydrogen-bond donors (Lipinski definition) is 1. The Balaban J connectivity index is 1.90. The van der Waals surface area contributed by atoms with Crippen LogP contribution in [0.2, 0.25) is 0 Å². The van der Waals surface area contributed by atoms with Gasteiger partial charge in [-0.15, -0.1) is 0 Å². The second-order valence-electron chi connectivity index (χ2n) is 5.75. The Morgan fingerprint density at radius 1 is 1.19 bits per heavy atom. The third kappa shape index (κ3) is 5.26. The molecule has 0 amide bonds. The van der Waals surface area contributed by atoms with E-state index in [-0.39, 0.29) is 5.82 Å². The number of benzene rings is 1. The minimum atomic E-state index is -0.176. The first-order chi connectivity index (χ1) is 10.2. The minimum Gasteiger partial charge on any atom is -0.370 e. The van der Waals surface area contributed by atoms with Crippen LogP contribution in [0.5, 0.6) is 0 Å². The molecule has 2 rings (SSSR count). The summed E-state index contributed by atoms with van der Waals surface area (Å²) in [7, 11) is 2.16. The molecule has 0 aliphatic carbocycles. The molecule has 1 heterocycles. The van der Waals surface area contributed by atoms with E-state index in [1.165, 1.54) is 6.07 Å². The predicted octanol–water partition coefficient (Wildman–Crippen LogP) is 1.23. The minimum absolute atomic E-state index is 0.176. The molecule has 0 bridgehead atoms. The van der Waals surface area contributed by atoms with E-state index >= 15 is 0 Å². The van der Waals surface area contributed by atoms with Gasteiger partial charge >= 0.3 is 0 Å². The number of likely N-dealkylation sites (N-methyl/N-ethyl adjacent to an activating group) is 1. The van der Waals surface area contributed by atoms with E-state index in [2.05, 4.69) is 21.7 Å². The van der Waals surface area contributed by atoms with Gasteiger partial charge in [0.15, 0.2) is 0 Å². The molecule has 0 aromatic heterocycles. The number of nitrogens with two attached hydrogens (primary N) is 1. The Morgan fingerprint density at radius 2 is 1.95 bits per heavy atom. The molecule has 2 N–H and O–H groups in total. The Kier molecular flexibility index (Phi) is 6.42. The van der Waals surface area contributed by atoms with Crippen molar-refractivity contribution >= 4 is 5.69 Å². The zero-order valence-electron chi connectivity index (χ0n) is 13.0. The summed E-state index contributed by atoms with van der Waals surface area (Å²) < 4.78 is 13.4. The van der Waals surface area contributed by atoms with Crippen LogP contribution in [0.4, 0.5) is 10.1 Å². The molecule has 118 valence electrons. The standard InChI is InChI=1S/C16H27FN4/c1-19-8-10-20(11-9-19)12-13-21(7-3-6-18)16-5-2-4-15(17)14-16/h2,4-5,14H,3,6-13,18H2,1H3. The zero-order chi connectivity index (χ0) is 15.1. The molecule has 1 aromatic rings. The third-order valence-corrected chi connectivity index (χ3v) is 4.09. The fourth-order valence-corrected chi connectivity index (χ4v) is 2.66. The second kappa shape index (κ2) is 8.32. The van der Waals surface area contributed by atoms with Crippen LogP contribution in [0.25, 0.3) is 0 Å². The van der Waals surface area contributed by atoms with E-state index in [0.717, 1.165) is 57.9 Å². The molecular formula is C16H27FN4. The first-order valence-electron chi connectivity index (χ1n) is 7.80. The van der Waals surface area contributed by atoms with Crippen LogP contribution < -0.4 is 10.6 Å². The lowest BCUT2D eigenvalue weighted by molar-refractivity contribution is 0.157. The maximum Gasteiger partial charge on any atom is 0.125 e. The van der Waals surface area contributed by atoms with Crippen LogP contribution in [-0.2, 0) is 0 Å². The van der Waals surface area contributed by atoms with Gasteiger partial charge in [-0.3, -0.25) is 4.90 Å². The van der Waals surface area contributed by atoms with Crippen molar-refractivity contribution < 1.29 is 4.39 Å². The van der Waals surface area contributed by atoms with Gasteiger partial charge in [-0.25, -0.2) is 4.39 Å². The van der Waals surface area contributed by atoms with E-state index in [4.69, 9.17) is 5.73 Å². The van der Waals surface area contributed by atoms with Crippen LogP contribution in [0, 0.1) is 5.82 Å². The molecule has 21 heavy (non-hydrogen) atoms. The van der Waals surface area contributed by atoms with E-state index in [1.54, 1.807) is 12.1 Å². The van der Waals surface area contributed by atoms with Gasteiger partial charge in [-0.1, -0.05) is 6.07 Å². The van der Waals surface area contributed by atoms with E-state index in [1.807, 2.05) is 6.07 Å². The first-order valence-corrected chi connectivity index (χ1v) is 7.80. The van der Waals surface area contributed by atoms with Crippen molar-refractivity contribution in [2.24, 2.45) is 5.73 Å². The number of nitrogens with zero attached hydrogens (tertiary/aromatic N) is 3. The molecular weight excluding hydrogens is 267 g/mol. The Hall–Kier alpha value is -1.17.